The summed E-state index contributed by atoms with van der Waals surface area (Å²) in [5, 5.41) is 17.5. The first-order chi connectivity index (χ1) is 8.56. The van der Waals surface area contributed by atoms with Crippen LogP contribution in [-0.2, 0) is 0 Å². The average Bonchev–Trinajstić information content (AvgIpc) is 2.73. The molecule has 0 aliphatic carbocycles. The summed E-state index contributed by atoms with van der Waals surface area (Å²) in [6.45, 7) is 4.50. The number of rotatable bonds is 7. The molecule has 0 bridgehead atoms. The lowest BCUT2D eigenvalue weighted by Gasteiger charge is -2.03. The van der Waals surface area contributed by atoms with Crippen LogP contribution in [0.1, 0.15) is 53.6 Å². The van der Waals surface area contributed by atoms with Crippen molar-refractivity contribution in [3.05, 3.63) is 15.8 Å². The van der Waals surface area contributed by atoms with E-state index >= 15 is 0 Å². The van der Waals surface area contributed by atoms with E-state index in [2.05, 4.69) is 6.07 Å². The van der Waals surface area contributed by atoms with E-state index in [0.29, 0.717) is 24.7 Å². The molecule has 0 aliphatic heterocycles. The number of carboxylic acid groups (broad SMARTS) is 1. The molecule has 1 N–H and O–H groups in total. The van der Waals surface area contributed by atoms with Crippen LogP contribution in [0.15, 0.2) is 6.07 Å². The summed E-state index contributed by atoms with van der Waals surface area (Å²) in [7, 11) is 0. The third-order valence-electron chi connectivity index (χ3n) is 2.42. The number of carboxylic acids is 1. The maximum absolute atomic E-state index is 11.1. The molecule has 0 saturated heterocycles. The predicted molar refractivity (Wildman–Crippen MR) is 70.3 cm³/mol. The van der Waals surface area contributed by atoms with Gasteiger partial charge in [-0.3, -0.25) is 0 Å². The van der Waals surface area contributed by atoms with Crippen LogP contribution >= 0.6 is 11.3 Å². The van der Waals surface area contributed by atoms with Crippen LogP contribution in [0.2, 0.25) is 0 Å². The highest BCUT2D eigenvalue weighted by molar-refractivity contribution is 7.14. The van der Waals surface area contributed by atoms with Gasteiger partial charge in [0.15, 0.2) is 4.88 Å². The monoisotopic (exact) mass is 267 g/mol. The number of thiophene rings is 1. The Kier molecular flexibility index (Phi) is 5.66. The minimum absolute atomic E-state index is 0.263. The van der Waals surface area contributed by atoms with Crippen molar-refractivity contribution in [2.75, 3.05) is 6.61 Å². The highest BCUT2D eigenvalue weighted by Gasteiger charge is 2.18. The highest BCUT2D eigenvalue weighted by Crippen LogP contribution is 2.33. The van der Waals surface area contributed by atoms with Gasteiger partial charge >= 0.3 is 5.97 Å². The van der Waals surface area contributed by atoms with Gasteiger partial charge in [-0.15, -0.1) is 11.3 Å². The zero-order chi connectivity index (χ0) is 13.5. The van der Waals surface area contributed by atoms with Crippen molar-refractivity contribution in [2.45, 2.75) is 39.0 Å². The van der Waals surface area contributed by atoms with E-state index in [9.17, 15) is 4.79 Å². The third-order valence-corrected chi connectivity index (χ3v) is 3.83. The van der Waals surface area contributed by atoms with Crippen molar-refractivity contribution >= 4 is 17.3 Å². The van der Waals surface area contributed by atoms with Gasteiger partial charge < -0.3 is 9.84 Å². The molecular formula is C13H17NO3S. The lowest BCUT2D eigenvalue weighted by atomic mass is 10.2. The largest absolute Gasteiger partial charge is 0.492 e. The first-order valence-electron chi connectivity index (χ1n) is 5.93. The zero-order valence-corrected chi connectivity index (χ0v) is 11.4. The van der Waals surface area contributed by atoms with Crippen LogP contribution in [0.3, 0.4) is 0 Å². The number of aromatic carboxylic acids is 1. The molecule has 0 unspecified atom stereocenters. The van der Waals surface area contributed by atoms with E-state index in [-0.39, 0.29) is 4.88 Å². The molecule has 98 valence electrons. The van der Waals surface area contributed by atoms with Crippen LogP contribution in [0.25, 0.3) is 0 Å². The molecule has 1 heterocycles. The van der Waals surface area contributed by atoms with E-state index in [1.807, 2.05) is 19.9 Å². The summed E-state index contributed by atoms with van der Waals surface area (Å²) < 4.78 is 5.50. The summed E-state index contributed by atoms with van der Waals surface area (Å²) in [5.74, 6) is -0.198. The van der Waals surface area contributed by atoms with Gasteiger partial charge in [0, 0.05) is 11.3 Å². The van der Waals surface area contributed by atoms with Gasteiger partial charge in [-0.1, -0.05) is 13.8 Å². The molecule has 0 aromatic carbocycles. The molecule has 0 amide bonds. The SMILES string of the molecule is CC(C)c1cc(OCCCCC#N)c(C(=O)O)s1. The number of nitriles is 1. The Labute approximate surface area is 111 Å². The number of hydrogen-bond acceptors (Lipinski definition) is 4. The number of unbranched alkanes of at least 4 members (excludes halogenated alkanes) is 2. The molecule has 1 aromatic rings. The fraction of sp³-hybridized carbons (Fsp3) is 0.538. The van der Waals surface area contributed by atoms with Crippen LogP contribution in [-0.4, -0.2) is 17.7 Å². The topological polar surface area (TPSA) is 70.3 Å². The van der Waals surface area contributed by atoms with Gasteiger partial charge in [-0.2, -0.15) is 5.26 Å². The summed E-state index contributed by atoms with van der Waals surface area (Å²) in [6, 6.07) is 3.88. The molecule has 4 nitrogen and oxygen atoms in total. The lowest BCUT2D eigenvalue weighted by Crippen LogP contribution is -2.01. The fourth-order valence-electron chi connectivity index (χ4n) is 1.42. The smallest absolute Gasteiger partial charge is 0.349 e. The third kappa shape index (κ3) is 4.04. The normalized spacial score (nSPS) is 10.3. The molecule has 5 heteroatoms. The average molecular weight is 267 g/mol. The van der Waals surface area contributed by atoms with E-state index in [0.717, 1.165) is 17.7 Å². The Morgan fingerprint density at radius 3 is 2.83 bits per heavy atom. The van der Waals surface area contributed by atoms with E-state index < -0.39 is 5.97 Å². The Balaban J connectivity index is 2.63. The summed E-state index contributed by atoms with van der Waals surface area (Å²) in [5.41, 5.74) is 0. The number of carbonyl (C=O) groups is 1. The molecule has 0 radical (unpaired) electrons. The second-order valence-electron chi connectivity index (χ2n) is 4.27. The van der Waals surface area contributed by atoms with Crippen molar-refractivity contribution in [3.63, 3.8) is 0 Å². The Hall–Kier alpha value is -1.54. The lowest BCUT2D eigenvalue weighted by molar-refractivity contribution is 0.0698. The second kappa shape index (κ2) is 7.02. The van der Waals surface area contributed by atoms with Crippen molar-refractivity contribution in [1.82, 2.24) is 0 Å². The van der Waals surface area contributed by atoms with E-state index in [4.69, 9.17) is 15.1 Å². The van der Waals surface area contributed by atoms with E-state index in [1.165, 1.54) is 11.3 Å². The van der Waals surface area contributed by atoms with Crippen LogP contribution < -0.4 is 4.74 Å². The second-order valence-corrected chi connectivity index (χ2v) is 5.35. The van der Waals surface area contributed by atoms with Crippen LogP contribution in [0.5, 0.6) is 5.75 Å². The van der Waals surface area contributed by atoms with Crippen molar-refractivity contribution in [1.29, 1.82) is 5.26 Å². The van der Waals surface area contributed by atoms with Gasteiger partial charge in [0.05, 0.1) is 12.7 Å². The first kappa shape index (κ1) is 14.5. The summed E-state index contributed by atoms with van der Waals surface area (Å²) >= 11 is 1.27. The molecule has 0 spiro atoms. The van der Waals surface area contributed by atoms with E-state index in [1.54, 1.807) is 0 Å². The fourth-order valence-corrected chi connectivity index (χ4v) is 2.36. The Morgan fingerprint density at radius 1 is 1.56 bits per heavy atom. The van der Waals surface area contributed by atoms with Gasteiger partial charge in [0.25, 0.3) is 0 Å². The number of hydrogen-bond donors (Lipinski definition) is 1. The Morgan fingerprint density at radius 2 is 2.28 bits per heavy atom. The number of nitrogens with zero attached hydrogens (tertiary/aromatic N) is 1. The molecule has 18 heavy (non-hydrogen) atoms. The van der Waals surface area contributed by atoms with Crippen LogP contribution in [0.4, 0.5) is 0 Å². The van der Waals surface area contributed by atoms with Crippen molar-refractivity contribution in [3.8, 4) is 11.8 Å². The number of ether oxygens (including phenoxy) is 1. The standard InChI is InChI=1S/C13H17NO3S/c1-9(2)11-8-10(12(18-11)13(15)16)17-7-5-3-4-6-14/h8-9H,3-5,7H2,1-2H3,(H,15,16). The molecule has 0 aliphatic rings. The predicted octanol–water partition coefficient (Wildman–Crippen LogP) is 3.64. The Bertz CT molecular complexity index is 446. The molecule has 0 fully saturated rings. The van der Waals surface area contributed by atoms with Crippen molar-refractivity contribution < 1.29 is 14.6 Å². The minimum atomic E-state index is -0.945. The first-order valence-corrected chi connectivity index (χ1v) is 6.74. The molecule has 1 aromatic heterocycles. The van der Waals surface area contributed by atoms with Crippen LogP contribution in [0, 0.1) is 11.3 Å². The molecule has 0 saturated carbocycles. The molecule has 1 rings (SSSR count). The molecular weight excluding hydrogens is 250 g/mol. The summed E-state index contributed by atoms with van der Waals surface area (Å²) in [4.78, 5) is 12.4. The highest BCUT2D eigenvalue weighted by atomic mass is 32.1. The van der Waals surface area contributed by atoms with Gasteiger partial charge in [-0.05, 0) is 24.8 Å². The maximum atomic E-state index is 11.1. The minimum Gasteiger partial charge on any atom is -0.492 e. The van der Waals surface area contributed by atoms with Gasteiger partial charge in [0.2, 0.25) is 0 Å². The van der Waals surface area contributed by atoms with Gasteiger partial charge in [-0.25, -0.2) is 4.79 Å². The van der Waals surface area contributed by atoms with Crippen molar-refractivity contribution in [2.24, 2.45) is 0 Å². The summed E-state index contributed by atoms with van der Waals surface area (Å²) in [6.07, 6.45) is 2.05. The zero-order valence-electron chi connectivity index (χ0n) is 10.6. The molecule has 0 atom stereocenters. The van der Waals surface area contributed by atoms with Gasteiger partial charge in [0.1, 0.15) is 5.75 Å². The quantitative estimate of drug-likeness (QED) is 0.765. The maximum Gasteiger partial charge on any atom is 0.349 e.